The van der Waals surface area contributed by atoms with E-state index in [9.17, 15) is 9.50 Å². The molecule has 2 aromatic heterocycles. The minimum Gasteiger partial charge on any atom is -0.390 e. The van der Waals surface area contributed by atoms with Gasteiger partial charge in [-0.3, -0.25) is 0 Å². The summed E-state index contributed by atoms with van der Waals surface area (Å²) >= 11 is 0. The summed E-state index contributed by atoms with van der Waals surface area (Å²) in [6, 6.07) is 6.23. The first-order valence-corrected chi connectivity index (χ1v) is 8.27. The molecule has 25 heavy (non-hydrogen) atoms. The molecule has 0 spiro atoms. The molecule has 4 rings (SSSR count). The maximum Gasteiger partial charge on any atom is 0.198 e. The van der Waals surface area contributed by atoms with Gasteiger partial charge in [0.05, 0.1) is 17.0 Å². The van der Waals surface area contributed by atoms with Crippen molar-refractivity contribution in [1.29, 1.82) is 0 Å². The smallest absolute Gasteiger partial charge is 0.198 e. The van der Waals surface area contributed by atoms with Crippen LogP contribution in [0.5, 0.6) is 0 Å². The van der Waals surface area contributed by atoms with Gasteiger partial charge in [0.2, 0.25) is 0 Å². The fourth-order valence-electron chi connectivity index (χ4n) is 3.41. The van der Waals surface area contributed by atoms with Crippen LogP contribution in [0.25, 0.3) is 16.9 Å². The Morgan fingerprint density at radius 3 is 2.72 bits per heavy atom. The number of anilines is 1. The second kappa shape index (κ2) is 5.23. The first-order chi connectivity index (χ1) is 11.8. The molecule has 1 fully saturated rings. The molecule has 0 radical (unpaired) electrons. The lowest BCUT2D eigenvalue weighted by atomic mass is 10.0. The van der Waals surface area contributed by atoms with E-state index in [1.54, 1.807) is 30.5 Å². The maximum absolute atomic E-state index is 13.6. The van der Waals surface area contributed by atoms with Crippen molar-refractivity contribution in [3.8, 4) is 11.3 Å². The van der Waals surface area contributed by atoms with E-state index in [0.717, 1.165) is 12.1 Å². The standard InChI is InChI=1S/C18H20FN5O/c1-9-14(10-5-4-6-11(19)7-10)21-15(20)17-22-16(23-24(9)17)12-8-13(12)18(2,3)25/h4-7,12-13,25H,8H2,1-3H3,(H2,20,21)/t12-,13-/m0/s1. The van der Waals surface area contributed by atoms with Crippen LogP contribution in [0.1, 0.15) is 37.7 Å². The molecule has 7 heteroatoms. The van der Waals surface area contributed by atoms with Gasteiger partial charge in [0.1, 0.15) is 5.82 Å². The quantitative estimate of drug-likeness (QED) is 0.764. The number of aliphatic hydroxyl groups is 1. The first kappa shape index (κ1) is 16.0. The molecular formula is C18H20FN5O. The number of benzene rings is 1. The molecule has 3 aromatic rings. The van der Waals surface area contributed by atoms with Crippen LogP contribution in [-0.2, 0) is 0 Å². The van der Waals surface area contributed by atoms with Crippen LogP contribution in [0.2, 0.25) is 0 Å². The van der Waals surface area contributed by atoms with Gasteiger partial charge in [0, 0.05) is 11.5 Å². The summed E-state index contributed by atoms with van der Waals surface area (Å²) in [5.74, 6) is 0.852. The molecule has 3 N–H and O–H groups in total. The van der Waals surface area contributed by atoms with Crippen LogP contribution in [0.3, 0.4) is 0 Å². The molecule has 1 aromatic carbocycles. The summed E-state index contributed by atoms with van der Waals surface area (Å²) in [5, 5.41) is 14.7. The number of hydrogen-bond donors (Lipinski definition) is 2. The van der Waals surface area contributed by atoms with Gasteiger partial charge in [-0.1, -0.05) is 12.1 Å². The van der Waals surface area contributed by atoms with Gasteiger partial charge < -0.3 is 10.8 Å². The molecule has 2 atom stereocenters. The van der Waals surface area contributed by atoms with Gasteiger partial charge in [-0.15, -0.1) is 0 Å². The summed E-state index contributed by atoms with van der Waals surface area (Å²) in [4.78, 5) is 8.94. The number of nitrogens with two attached hydrogens (primary N) is 1. The monoisotopic (exact) mass is 341 g/mol. The van der Waals surface area contributed by atoms with Crippen LogP contribution < -0.4 is 5.73 Å². The van der Waals surface area contributed by atoms with E-state index in [4.69, 9.17) is 5.73 Å². The Labute approximate surface area is 144 Å². The SMILES string of the molecule is Cc1c(-c2cccc(F)c2)nc(N)c2nc([C@H]3C[C@@H]3C(C)(C)O)nn12. The van der Waals surface area contributed by atoms with Crippen LogP contribution in [-0.4, -0.2) is 30.3 Å². The first-order valence-electron chi connectivity index (χ1n) is 8.27. The lowest BCUT2D eigenvalue weighted by Gasteiger charge is -2.15. The molecule has 6 nitrogen and oxygen atoms in total. The Hall–Kier alpha value is -2.54. The lowest BCUT2D eigenvalue weighted by molar-refractivity contribution is 0.0543. The van der Waals surface area contributed by atoms with Crippen molar-refractivity contribution >= 4 is 11.5 Å². The number of rotatable bonds is 3. The zero-order valence-corrected chi connectivity index (χ0v) is 14.4. The van der Waals surface area contributed by atoms with Crippen LogP contribution in [0.15, 0.2) is 24.3 Å². The van der Waals surface area contributed by atoms with Gasteiger partial charge in [-0.25, -0.2) is 18.9 Å². The number of nitrogens with zero attached hydrogens (tertiary/aromatic N) is 4. The lowest BCUT2D eigenvalue weighted by Crippen LogP contribution is -2.22. The highest BCUT2D eigenvalue weighted by Crippen LogP contribution is 2.52. The third-order valence-electron chi connectivity index (χ3n) is 4.87. The van der Waals surface area contributed by atoms with Gasteiger partial charge in [0.25, 0.3) is 0 Å². The highest BCUT2D eigenvalue weighted by molar-refractivity contribution is 5.69. The van der Waals surface area contributed by atoms with E-state index in [1.165, 1.54) is 12.1 Å². The molecule has 1 aliphatic carbocycles. The second-order valence-electron chi connectivity index (χ2n) is 7.25. The van der Waals surface area contributed by atoms with Gasteiger partial charge in [-0.2, -0.15) is 5.10 Å². The Morgan fingerprint density at radius 1 is 1.32 bits per heavy atom. The van der Waals surface area contributed by atoms with E-state index in [2.05, 4.69) is 15.1 Å². The average Bonchev–Trinajstić information content (AvgIpc) is 3.23. The largest absolute Gasteiger partial charge is 0.390 e. The average molecular weight is 341 g/mol. The number of fused-ring (bicyclic) bond motifs is 1. The predicted octanol–water partition coefficient (Wildman–Crippen LogP) is 2.70. The van der Waals surface area contributed by atoms with Crippen molar-refractivity contribution in [2.24, 2.45) is 5.92 Å². The normalized spacial score (nSPS) is 20.2. The van der Waals surface area contributed by atoms with Crippen molar-refractivity contribution in [1.82, 2.24) is 19.6 Å². The van der Waals surface area contributed by atoms with Crippen LogP contribution in [0.4, 0.5) is 10.2 Å². The fourth-order valence-corrected chi connectivity index (χ4v) is 3.41. The van der Waals surface area contributed by atoms with Gasteiger partial charge in [-0.05, 0) is 45.2 Å². The molecule has 0 bridgehead atoms. The molecule has 130 valence electrons. The molecule has 1 aliphatic rings. The van der Waals surface area contributed by atoms with Crippen molar-refractivity contribution in [2.75, 3.05) is 5.73 Å². The number of nitrogen functional groups attached to an aromatic ring is 1. The van der Waals surface area contributed by atoms with E-state index in [0.29, 0.717) is 22.7 Å². The minimum absolute atomic E-state index is 0.122. The fraction of sp³-hybridized carbons (Fsp3) is 0.389. The summed E-state index contributed by atoms with van der Waals surface area (Å²) in [6.07, 6.45) is 0.851. The molecule has 0 unspecified atom stereocenters. The number of hydrogen-bond acceptors (Lipinski definition) is 5. The topological polar surface area (TPSA) is 89.3 Å². The van der Waals surface area contributed by atoms with E-state index in [-0.39, 0.29) is 23.5 Å². The molecule has 0 amide bonds. The third kappa shape index (κ3) is 2.64. The Bertz CT molecular complexity index is 975. The third-order valence-corrected chi connectivity index (χ3v) is 4.87. The zero-order valence-electron chi connectivity index (χ0n) is 14.4. The molecule has 2 heterocycles. The summed E-state index contributed by atoms with van der Waals surface area (Å²) in [5.41, 5.74) is 7.78. The highest BCUT2D eigenvalue weighted by Gasteiger charge is 2.49. The molecular weight excluding hydrogens is 321 g/mol. The number of halogens is 1. The summed E-state index contributed by atoms with van der Waals surface area (Å²) < 4.78 is 15.2. The van der Waals surface area contributed by atoms with Crippen LogP contribution >= 0.6 is 0 Å². The van der Waals surface area contributed by atoms with Gasteiger partial charge >= 0.3 is 0 Å². The van der Waals surface area contributed by atoms with Gasteiger partial charge in [0.15, 0.2) is 17.3 Å². The summed E-state index contributed by atoms with van der Waals surface area (Å²) in [6.45, 7) is 5.46. The van der Waals surface area contributed by atoms with Crippen molar-refractivity contribution in [3.63, 3.8) is 0 Å². The molecule has 0 aliphatic heterocycles. The van der Waals surface area contributed by atoms with Crippen molar-refractivity contribution < 1.29 is 9.50 Å². The van der Waals surface area contributed by atoms with E-state index >= 15 is 0 Å². The Kier molecular flexibility index (Phi) is 3.34. The van der Waals surface area contributed by atoms with Crippen molar-refractivity contribution in [2.45, 2.75) is 38.7 Å². The number of aryl methyl sites for hydroxylation is 1. The second-order valence-corrected chi connectivity index (χ2v) is 7.25. The Morgan fingerprint density at radius 2 is 2.08 bits per heavy atom. The maximum atomic E-state index is 13.6. The predicted molar refractivity (Wildman–Crippen MR) is 92.5 cm³/mol. The zero-order chi connectivity index (χ0) is 17.9. The number of aromatic nitrogens is 4. The van der Waals surface area contributed by atoms with E-state index < -0.39 is 5.60 Å². The molecule has 0 saturated heterocycles. The Balaban J connectivity index is 1.81. The van der Waals surface area contributed by atoms with Crippen molar-refractivity contribution in [3.05, 3.63) is 41.6 Å². The highest BCUT2D eigenvalue weighted by atomic mass is 19.1. The van der Waals surface area contributed by atoms with Crippen LogP contribution in [0, 0.1) is 18.7 Å². The molecule has 1 saturated carbocycles. The summed E-state index contributed by atoms with van der Waals surface area (Å²) in [7, 11) is 0. The minimum atomic E-state index is -0.756. The van der Waals surface area contributed by atoms with E-state index in [1.807, 2.05) is 6.92 Å².